The van der Waals surface area contributed by atoms with Crippen molar-refractivity contribution in [1.82, 2.24) is 5.32 Å². The summed E-state index contributed by atoms with van der Waals surface area (Å²) >= 11 is 1.62. The van der Waals surface area contributed by atoms with E-state index in [1.165, 1.54) is 17.7 Å². The van der Waals surface area contributed by atoms with E-state index in [-0.39, 0.29) is 12.3 Å². The van der Waals surface area contributed by atoms with E-state index in [9.17, 15) is 18.0 Å². The molecule has 0 radical (unpaired) electrons. The average Bonchev–Trinajstić information content (AvgIpc) is 2.98. The van der Waals surface area contributed by atoms with Gasteiger partial charge >= 0.3 is 6.18 Å². The number of rotatable bonds is 6. The third-order valence-corrected chi connectivity index (χ3v) is 3.97. The molecule has 2 rings (SSSR count). The van der Waals surface area contributed by atoms with Gasteiger partial charge in [-0.2, -0.15) is 24.5 Å². The lowest BCUT2D eigenvalue weighted by atomic mass is 10.1. The number of carbonyl (C=O) groups excluding carboxylic acids is 1. The van der Waals surface area contributed by atoms with E-state index in [1.54, 1.807) is 11.3 Å². The Morgan fingerprint density at radius 2 is 1.77 bits per heavy atom. The second-order valence-electron chi connectivity index (χ2n) is 4.93. The van der Waals surface area contributed by atoms with E-state index in [0.717, 1.165) is 24.1 Å². The van der Waals surface area contributed by atoms with Crippen LogP contribution in [0, 0.1) is 0 Å². The third kappa shape index (κ3) is 5.18. The molecule has 0 spiro atoms. The van der Waals surface area contributed by atoms with E-state index < -0.39 is 11.7 Å². The van der Waals surface area contributed by atoms with Gasteiger partial charge in [-0.15, -0.1) is 0 Å². The Kier molecular flexibility index (Phi) is 5.60. The number of carbonyl (C=O) groups is 1. The van der Waals surface area contributed by atoms with E-state index in [0.29, 0.717) is 13.0 Å². The molecule has 2 aromatic rings. The maximum absolute atomic E-state index is 12.4. The number of thiophene rings is 1. The molecule has 0 aliphatic heterocycles. The standard InChI is InChI=1S/C16H16F3NOS/c17-16(18,19)14-4-1-12(2-5-14)3-6-15(21)20-9-7-13-8-10-22-11-13/h1-2,4-5,8,10-11H,3,6-7,9H2,(H,20,21). The van der Waals surface area contributed by atoms with Crippen molar-refractivity contribution in [3.63, 3.8) is 0 Å². The molecule has 1 aromatic carbocycles. The van der Waals surface area contributed by atoms with Crippen molar-refractivity contribution in [2.45, 2.75) is 25.4 Å². The number of hydrogen-bond donors (Lipinski definition) is 1. The fourth-order valence-corrected chi connectivity index (χ4v) is 2.69. The van der Waals surface area contributed by atoms with E-state index in [1.807, 2.05) is 16.8 Å². The number of halogens is 3. The van der Waals surface area contributed by atoms with Crippen molar-refractivity contribution in [1.29, 1.82) is 0 Å². The number of nitrogens with one attached hydrogen (secondary N) is 1. The molecular formula is C16H16F3NOS. The Labute approximate surface area is 131 Å². The zero-order chi connectivity index (χ0) is 16.0. The predicted octanol–water partition coefficient (Wildman–Crippen LogP) is 4.06. The Balaban J connectivity index is 1.71. The molecule has 1 heterocycles. The van der Waals surface area contributed by atoms with Gasteiger partial charge in [0.2, 0.25) is 5.91 Å². The van der Waals surface area contributed by atoms with Crippen LogP contribution >= 0.6 is 11.3 Å². The van der Waals surface area contributed by atoms with Gasteiger partial charge in [-0.25, -0.2) is 0 Å². The molecular weight excluding hydrogens is 311 g/mol. The van der Waals surface area contributed by atoms with E-state index in [2.05, 4.69) is 5.32 Å². The highest BCUT2D eigenvalue weighted by Crippen LogP contribution is 2.29. The van der Waals surface area contributed by atoms with Crippen LogP contribution in [0.2, 0.25) is 0 Å². The summed E-state index contributed by atoms with van der Waals surface area (Å²) in [6.45, 7) is 0.572. The van der Waals surface area contributed by atoms with E-state index >= 15 is 0 Å². The average molecular weight is 327 g/mol. The molecule has 22 heavy (non-hydrogen) atoms. The second kappa shape index (κ2) is 7.45. The van der Waals surface area contributed by atoms with Gasteiger partial charge in [0.1, 0.15) is 0 Å². The van der Waals surface area contributed by atoms with Crippen molar-refractivity contribution in [2.75, 3.05) is 6.54 Å². The summed E-state index contributed by atoms with van der Waals surface area (Å²) in [5.74, 6) is -0.0878. The molecule has 0 saturated heterocycles. The molecule has 0 unspecified atom stereocenters. The first-order valence-corrected chi connectivity index (χ1v) is 7.83. The SMILES string of the molecule is O=C(CCc1ccc(C(F)(F)F)cc1)NCCc1ccsc1. The maximum atomic E-state index is 12.4. The summed E-state index contributed by atoms with van der Waals surface area (Å²) in [7, 11) is 0. The zero-order valence-corrected chi connectivity index (χ0v) is 12.6. The van der Waals surface area contributed by atoms with Gasteiger partial charge < -0.3 is 5.32 Å². The number of benzene rings is 1. The Bertz CT molecular complexity index is 591. The van der Waals surface area contributed by atoms with Crippen LogP contribution in [0.25, 0.3) is 0 Å². The molecule has 0 aliphatic rings. The largest absolute Gasteiger partial charge is 0.416 e. The van der Waals surface area contributed by atoms with Gasteiger partial charge in [-0.05, 0) is 52.9 Å². The van der Waals surface area contributed by atoms with Crippen LogP contribution in [0.4, 0.5) is 13.2 Å². The van der Waals surface area contributed by atoms with Gasteiger partial charge in [0.15, 0.2) is 0 Å². The smallest absolute Gasteiger partial charge is 0.356 e. The summed E-state index contributed by atoms with van der Waals surface area (Å²) < 4.78 is 37.3. The lowest BCUT2D eigenvalue weighted by Gasteiger charge is -2.08. The first-order valence-electron chi connectivity index (χ1n) is 6.89. The monoisotopic (exact) mass is 327 g/mol. The predicted molar refractivity (Wildman–Crippen MR) is 80.8 cm³/mol. The van der Waals surface area contributed by atoms with Gasteiger partial charge in [0, 0.05) is 13.0 Å². The lowest BCUT2D eigenvalue weighted by Crippen LogP contribution is -2.25. The van der Waals surface area contributed by atoms with Crippen molar-refractivity contribution in [3.8, 4) is 0 Å². The number of alkyl halides is 3. The molecule has 1 N–H and O–H groups in total. The highest BCUT2D eigenvalue weighted by molar-refractivity contribution is 7.07. The van der Waals surface area contributed by atoms with Gasteiger partial charge in [0.05, 0.1) is 5.56 Å². The second-order valence-corrected chi connectivity index (χ2v) is 5.71. The van der Waals surface area contributed by atoms with Crippen molar-refractivity contribution in [3.05, 3.63) is 57.8 Å². The molecule has 2 nitrogen and oxygen atoms in total. The van der Waals surface area contributed by atoms with Gasteiger partial charge in [0.25, 0.3) is 0 Å². The quantitative estimate of drug-likeness (QED) is 0.852. The fourth-order valence-electron chi connectivity index (χ4n) is 1.99. The Morgan fingerprint density at radius 1 is 1.05 bits per heavy atom. The minimum Gasteiger partial charge on any atom is -0.356 e. The fraction of sp³-hybridized carbons (Fsp3) is 0.312. The van der Waals surface area contributed by atoms with Crippen LogP contribution in [0.15, 0.2) is 41.1 Å². The molecule has 1 amide bonds. The topological polar surface area (TPSA) is 29.1 Å². The third-order valence-electron chi connectivity index (χ3n) is 3.24. The highest BCUT2D eigenvalue weighted by atomic mass is 32.1. The summed E-state index contributed by atoms with van der Waals surface area (Å²) in [6, 6.07) is 6.94. The van der Waals surface area contributed by atoms with Crippen LogP contribution in [-0.4, -0.2) is 12.5 Å². The molecule has 0 atom stereocenters. The van der Waals surface area contributed by atoms with E-state index in [4.69, 9.17) is 0 Å². The highest BCUT2D eigenvalue weighted by Gasteiger charge is 2.29. The van der Waals surface area contributed by atoms with Crippen LogP contribution in [0.1, 0.15) is 23.1 Å². The molecule has 0 saturated carbocycles. The minimum absolute atomic E-state index is 0.0878. The lowest BCUT2D eigenvalue weighted by molar-refractivity contribution is -0.137. The van der Waals surface area contributed by atoms with Crippen molar-refractivity contribution >= 4 is 17.2 Å². The van der Waals surface area contributed by atoms with Crippen molar-refractivity contribution < 1.29 is 18.0 Å². The minimum atomic E-state index is -4.32. The first kappa shape index (κ1) is 16.5. The first-order chi connectivity index (χ1) is 10.4. The summed E-state index contributed by atoms with van der Waals surface area (Å²) in [5.41, 5.74) is 1.24. The summed E-state index contributed by atoms with van der Waals surface area (Å²) in [4.78, 5) is 11.7. The summed E-state index contributed by atoms with van der Waals surface area (Å²) in [6.07, 6.45) is -2.83. The number of aryl methyl sites for hydroxylation is 1. The molecule has 0 bridgehead atoms. The maximum Gasteiger partial charge on any atom is 0.416 e. The van der Waals surface area contributed by atoms with Gasteiger partial charge in [-0.1, -0.05) is 12.1 Å². The summed E-state index contributed by atoms with van der Waals surface area (Å²) in [5, 5.41) is 6.84. The van der Waals surface area contributed by atoms with Crippen molar-refractivity contribution in [2.24, 2.45) is 0 Å². The molecule has 1 aromatic heterocycles. The van der Waals surface area contributed by atoms with Crippen LogP contribution in [-0.2, 0) is 23.8 Å². The number of amides is 1. The van der Waals surface area contributed by atoms with Gasteiger partial charge in [-0.3, -0.25) is 4.79 Å². The Hall–Kier alpha value is -1.82. The molecule has 6 heteroatoms. The van der Waals surface area contributed by atoms with Crippen LogP contribution in [0.3, 0.4) is 0 Å². The Morgan fingerprint density at radius 3 is 2.36 bits per heavy atom. The van der Waals surface area contributed by atoms with Crippen LogP contribution in [0.5, 0.6) is 0 Å². The van der Waals surface area contributed by atoms with Crippen LogP contribution < -0.4 is 5.32 Å². The molecule has 0 aliphatic carbocycles. The normalized spacial score (nSPS) is 11.4. The molecule has 118 valence electrons. The molecule has 0 fully saturated rings. The zero-order valence-electron chi connectivity index (χ0n) is 11.8. The number of hydrogen-bond acceptors (Lipinski definition) is 2.